The summed E-state index contributed by atoms with van der Waals surface area (Å²) in [6.07, 6.45) is 10.2. The van der Waals surface area contributed by atoms with Crippen molar-refractivity contribution in [2.24, 2.45) is 5.41 Å². The summed E-state index contributed by atoms with van der Waals surface area (Å²) < 4.78 is 5.48. The number of carbonyl (C=O) groups excluding carboxylic acids is 1. The van der Waals surface area contributed by atoms with E-state index < -0.39 is 0 Å². The average molecular weight is 352 g/mol. The van der Waals surface area contributed by atoms with Crippen LogP contribution in [0, 0.1) is 5.41 Å². The Morgan fingerprint density at radius 2 is 2.15 bits per heavy atom. The van der Waals surface area contributed by atoms with E-state index in [2.05, 4.69) is 22.4 Å². The zero-order valence-corrected chi connectivity index (χ0v) is 15.0. The lowest BCUT2D eigenvalue weighted by molar-refractivity contribution is 0.0944. The minimum Gasteiger partial charge on any atom is -0.497 e. The topological polar surface area (TPSA) is 71.5 Å². The van der Waals surface area contributed by atoms with Crippen LogP contribution in [0.15, 0.2) is 30.5 Å². The van der Waals surface area contributed by atoms with Gasteiger partial charge in [0.25, 0.3) is 5.91 Å². The minimum atomic E-state index is -0.231. The highest BCUT2D eigenvalue weighted by molar-refractivity contribution is 5.99. The van der Waals surface area contributed by atoms with Gasteiger partial charge in [0.1, 0.15) is 5.75 Å². The molecule has 1 aromatic carbocycles. The number of nitrogens with zero attached hydrogens (tertiary/aromatic N) is 1. The fraction of sp³-hybridized carbons (Fsp3) is 0.429. The van der Waals surface area contributed by atoms with Crippen LogP contribution in [0.3, 0.4) is 0 Å². The molecular weight excluding hydrogens is 328 g/mol. The highest BCUT2D eigenvalue weighted by Gasteiger charge is 2.42. The van der Waals surface area contributed by atoms with Gasteiger partial charge in [0.2, 0.25) is 0 Å². The third kappa shape index (κ3) is 3.19. The number of allylic oxidation sites excluding steroid dienone is 2. The summed E-state index contributed by atoms with van der Waals surface area (Å²) in [4.78, 5) is 16.8. The SMILES string of the molecule is COc1cc(C2=CCC3(CC2)CC3)c2ncc(C(=O)NCCO)cc2c1. The van der Waals surface area contributed by atoms with E-state index in [9.17, 15) is 4.79 Å². The van der Waals surface area contributed by atoms with Crippen LogP contribution in [-0.2, 0) is 0 Å². The summed E-state index contributed by atoms with van der Waals surface area (Å²) in [6, 6.07) is 5.81. The van der Waals surface area contributed by atoms with Crippen LogP contribution in [0.1, 0.15) is 48.0 Å². The molecule has 0 unspecified atom stereocenters. The van der Waals surface area contributed by atoms with Crippen LogP contribution >= 0.6 is 0 Å². The van der Waals surface area contributed by atoms with Crippen LogP contribution in [0.5, 0.6) is 5.75 Å². The fourth-order valence-electron chi connectivity index (χ4n) is 3.80. The number of amides is 1. The molecule has 1 heterocycles. The summed E-state index contributed by atoms with van der Waals surface area (Å²) in [5.41, 5.74) is 4.42. The molecule has 0 aliphatic heterocycles. The summed E-state index contributed by atoms with van der Waals surface area (Å²) in [7, 11) is 1.66. The van der Waals surface area contributed by atoms with E-state index in [-0.39, 0.29) is 19.1 Å². The second-order valence-corrected chi connectivity index (χ2v) is 7.38. The number of benzene rings is 1. The van der Waals surface area contributed by atoms with Crippen molar-refractivity contribution >= 4 is 22.4 Å². The summed E-state index contributed by atoms with van der Waals surface area (Å²) in [6.45, 7) is 0.148. The zero-order valence-electron chi connectivity index (χ0n) is 15.0. The van der Waals surface area contributed by atoms with E-state index in [4.69, 9.17) is 9.84 Å². The molecule has 4 rings (SSSR count). The highest BCUT2D eigenvalue weighted by Crippen LogP contribution is 2.56. The van der Waals surface area contributed by atoms with Gasteiger partial charge in [-0.2, -0.15) is 0 Å². The van der Waals surface area contributed by atoms with Crippen molar-refractivity contribution in [3.63, 3.8) is 0 Å². The Balaban J connectivity index is 1.73. The third-order valence-electron chi connectivity index (χ3n) is 5.66. The normalized spacial score (nSPS) is 17.8. The highest BCUT2D eigenvalue weighted by atomic mass is 16.5. The standard InChI is InChI=1S/C21H24N2O3/c1-26-17-11-15-10-16(20(25)22-8-9-24)13-23-19(15)18(12-17)14-2-4-21(5-3-14)6-7-21/h2,10-13,24H,3-9H2,1H3,(H,22,25). The van der Waals surface area contributed by atoms with Crippen LogP contribution in [0.4, 0.5) is 0 Å². The predicted octanol–water partition coefficient (Wildman–Crippen LogP) is 3.31. The van der Waals surface area contributed by atoms with Crippen molar-refractivity contribution in [3.05, 3.63) is 41.6 Å². The Labute approximate surface area is 153 Å². The van der Waals surface area contributed by atoms with E-state index in [0.29, 0.717) is 11.0 Å². The molecule has 0 radical (unpaired) electrons. The van der Waals surface area contributed by atoms with Crippen LogP contribution in [0.2, 0.25) is 0 Å². The number of ether oxygens (including phenoxy) is 1. The Bertz CT molecular complexity index is 884. The zero-order chi connectivity index (χ0) is 18.1. The first-order valence-electron chi connectivity index (χ1n) is 9.20. The van der Waals surface area contributed by atoms with Gasteiger partial charge in [-0.1, -0.05) is 6.08 Å². The molecule has 2 aromatic rings. The van der Waals surface area contributed by atoms with Crippen molar-refractivity contribution in [1.29, 1.82) is 0 Å². The van der Waals surface area contributed by atoms with Gasteiger partial charge in [-0.15, -0.1) is 0 Å². The molecule has 0 saturated heterocycles. The van der Waals surface area contributed by atoms with Gasteiger partial charge in [0.05, 0.1) is 24.8 Å². The average Bonchev–Trinajstić information content (AvgIpc) is 3.44. The fourth-order valence-corrected chi connectivity index (χ4v) is 3.80. The van der Waals surface area contributed by atoms with Gasteiger partial charge >= 0.3 is 0 Å². The Kier molecular flexibility index (Phi) is 4.41. The smallest absolute Gasteiger partial charge is 0.252 e. The first-order valence-corrected chi connectivity index (χ1v) is 9.20. The molecule has 0 atom stereocenters. The Morgan fingerprint density at radius 3 is 2.81 bits per heavy atom. The van der Waals surface area contributed by atoms with Crippen molar-refractivity contribution < 1.29 is 14.6 Å². The van der Waals surface area contributed by atoms with Crippen molar-refractivity contribution in [1.82, 2.24) is 10.3 Å². The van der Waals surface area contributed by atoms with Crippen molar-refractivity contribution in [3.8, 4) is 5.75 Å². The maximum Gasteiger partial charge on any atom is 0.252 e. The molecule has 1 saturated carbocycles. The molecule has 1 spiro atoms. The van der Waals surface area contributed by atoms with Gasteiger partial charge in [0, 0.05) is 23.7 Å². The number of aliphatic hydroxyl groups is 1. The number of hydrogen-bond acceptors (Lipinski definition) is 4. The lowest BCUT2D eigenvalue weighted by atomic mass is 9.83. The lowest BCUT2D eigenvalue weighted by Gasteiger charge is -2.22. The molecular formula is C21H24N2O3. The molecule has 1 fully saturated rings. The molecule has 1 aromatic heterocycles. The predicted molar refractivity (Wildman–Crippen MR) is 101 cm³/mol. The van der Waals surface area contributed by atoms with E-state index in [1.165, 1.54) is 24.8 Å². The Morgan fingerprint density at radius 1 is 1.31 bits per heavy atom. The van der Waals surface area contributed by atoms with E-state index in [0.717, 1.165) is 35.1 Å². The molecule has 1 amide bonds. The maximum absolute atomic E-state index is 12.2. The van der Waals surface area contributed by atoms with Gasteiger partial charge < -0.3 is 15.2 Å². The minimum absolute atomic E-state index is 0.0830. The second kappa shape index (κ2) is 6.72. The second-order valence-electron chi connectivity index (χ2n) is 7.38. The first kappa shape index (κ1) is 17.0. The third-order valence-corrected chi connectivity index (χ3v) is 5.66. The van der Waals surface area contributed by atoms with E-state index in [1.54, 1.807) is 13.3 Å². The summed E-state index contributed by atoms with van der Waals surface area (Å²) in [5.74, 6) is 0.542. The van der Waals surface area contributed by atoms with E-state index >= 15 is 0 Å². The summed E-state index contributed by atoms with van der Waals surface area (Å²) in [5, 5.41) is 12.4. The van der Waals surface area contributed by atoms with Gasteiger partial charge in [-0.25, -0.2) is 0 Å². The number of hydrogen-bond donors (Lipinski definition) is 2. The van der Waals surface area contributed by atoms with Crippen LogP contribution in [-0.4, -0.2) is 36.3 Å². The number of rotatable bonds is 5. The molecule has 2 aliphatic carbocycles. The van der Waals surface area contributed by atoms with Gasteiger partial charge in [-0.05, 0) is 61.3 Å². The van der Waals surface area contributed by atoms with E-state index in [1.807, 2.05) is 12.1 Å². The largest absolute Gasteiger partial charge is 0.497 e. The van der Waals surface area contributed by atoms with Crippen LogP contribution < -0.4 is 10.1 Å². The number of methoxy groups -OCH3 is 1. The van der Waals surface area contributed by atoms with Gasteiger partial charge in [0.15, 0.2) is 0 Å². The van der Waals surface area contributed by atoms with Crippen molar-refractivity contribution in [2.75, 3.05) is 20.3 Å². The molecule has 5 heteroatoms. The maximum atomic E-state index is 12.2. The molecule has 136 valence electrons. The monoisotopic (exact) mass is 352 g/mol. The summed E-state index contributed by atoms with van der Waals surface area (Å²) >= 11 is 0. The molecule has 2 N–H and O–H groups in total. The molecule has 0 bridgehead atoms. The first-order chi connectivity index (χ1) is 12.6. The molecule has 2 aliphatic rings. The lowest BCUT2D eigenvalue weighted by Crippen LogP contribution is -2.26. The number of fused-ring (bicyclic) bond motifs is 1. The quantitative estimate of drug-likeness (QED) is 0.866. The molecule has 26 heavy (non-hydrogen) atoms. The number of nitrogens with one attached hydrogen (secondary N) is 1. The molecule has 5 nitrogen and oxygen atoms in total. The van der Waals surface area contributed by atoms with Crippen molar-refractivity contribution in [2.45, 2.75) is 32.1 Å². The number of carbonyl (C=O) groups is 1. The van der Waals surface area contributed by atoms with Gasteiger partial charge in [-0.3, -0.25) is 9.78 Å². The number of aliphatic hydroxyl groups excluding tert-OH is 1. The number of aromatic nitrogens is 1. The number of pyridine rings is 1. The van der Waals surface area contributed by atoms with Crippen LogP contribution in [0.25, 0.3) is 16.5 Å². The Hall–Kier alpha value is -2.40.